The van der Waals surface area contributed by atoms with E-state index in [4.69, 9.17) is 21.1 Å². The lowest BCUT2D eigenvalue weighted by molar-refractivity contribution is -0.0174. The molecule has 3 rings (SSSR count). The maximum atomic E-state index is 6.16. The Bertz CT molecular complexity index is 416. The number of piperidine rings is 1. The van der Waals surface area contributed by atoms with E-state index >= 15 is 0 Å². The molecule has 17 heavy (non-hydrogen) atoms. The number of benzene rings is 1. The average Bonchev–Trinajstić information content (AvgIpc) is 2.39. The fourth-order valence-electron chi connectivity index (χ4n) is 2.58. The maximum absolute atomic E-state index is 6.16. The molecule has 0 aliphatic carbocycles. The molecule has 2 heterocycles. The van der Waals surface area contributed by atoms with E-state index < -0.39 is 0 Å². The highest BCUT2D eigenvalue weighted by atomic mass is 35.5. The van der Waals surface area contributed by atoms with Gasteiger partial charge in [0, 0.05) is 22.2 Å². The Morgan fingerprint density at radius 2 is 2.24 bits per heavy atom. The highest BCUT2D eigenvalue weighted by Crippen LogP contribution is 2.37. The van der Waals surface area contributed by atoms with E-state index in [0.29, 0.717) is 19.4 Å². The van der Waals surface area contributed by atoms with Gasteiger partial charge in [-0.15, -0.1) is 0 Å². The van der Waals surface area contributed by atoms with Gasteiger partial charge >= 0.3 is 0 Å². The van der Waals surface area contributed by atoms with Gasteiger partial charge in [-0.25, -0.2) is 0 Å². The van der Waals surface area contributed by atoms with Crippen LogP contribution in [0.4, 0.5) is 0 Å². The number of fused-ring (bicyclic) bond motifs is 1. The van der Waals surface area contributed by atoms with Gasteiger partial charge in [0.05, 0.1) is 6.61 Å². The molecule has 4 heteroatoms. The summed E-state index contributed by atoms with van der Waals surface area (Å²) in [6.45, 7) is 2.01. The molecule has 0 amide bonds. The van der Waals surface area contributed by atoms with Crippen LogP contribution in [0.5, 0.6) is 5.75 Å². The molecule has 0 spiro atoms. The molecule has 0 radical (unpaired) electrons. The Labute approximate surface area is 106 Å². The van der Waals surface area contributed by atoms with E-state index in [1.807, 2.05) is 12.1 Å². The predicted molar refractivity (Wildman–Crippen MR) is 66.3 cm³/mol. The highest BCUT2D eigenvalue weighted by Gasteiger charge is 2.23. The zero-order chi connectivity index (χ0) is 11.7. The lowest BCUT2D eigenvalue weighted by atomic mass is 9.95. The molecule has 1 N–H and O–H groups in total. The zero-order valence-electron chi connectivity index (χ0n) is 9.67. The van der Waals surface area contributed by atoms with Crippen LogP contribution < -0.4 is 10.1 Å². The maximum Gasteiger partial charge on any atom is 0.189 e. The van der Waals surface area contributed by atoms with E-state index in [0.717, 1.165) is 29.3 Å². The number of halogens is 1. The predicted octanol–water partition coefficient (Wildman–Crippen LogP) is 3.02. The summed E-state index contributed by atoms with van der Waals surface area (Å²) in [4.78, 5) is 0. The van der Waals surface area contributed by atoms with E-state index in [9.17, 15) is 0 Å². The fourth-order valence-corrected chi connectivity index (χ4v) is 2.83. The van der Waals surface area contributed by atoms with E-state index in [1.165, 1.54) is 18.4 Å². The minimum atomic E-state index is 0.342. The SMILES string of the molecule is Clc1cc2c(c(C3CCCCN3)c1)OCOC2. The van der Waals surface area contributed by atoms with Crippen molar-refractivity contribution >= 4 is 11.6 Å². The van der Waals surface area contributed by atoms with Crippen molar-refractivity contribution in [3.05, 3.63) is 28.3 Å². The van der Waals surface area contributed by atoms with Gasteiger partial charge < -0.3 is 14.8 Å². The second-order valence-corrected chi connectivity index (χ2v) is 5.03. The molecular weight excluding hydrogens is 238 g/mol. The summed E-state index contributed by atoms with van der Waals surface area (Å²) in [6.07, 6.45) is 3.66. The summed E-state index contributed by atoms with van der Waals surface area (Å²) in [5.74, 6) is 0.972. The first kappa shape index (κ1) is 11.3. The second-order valence-electron chi connectivity index (χ2n) is 4.60. The average molecular weight is 254 g/mol. The minimum absolute atomic E-state index is 0.342. The largest absolute Gasteiger partial charge is 0.467 e. The summed E-state index contributed by atoms with van der Waals surface area (Å²) in [5, 5.41) is 4.30. The van der Waals surface area contributed by atoms with E-state index in [1.54, 1.807) is 0 Å². The van der Waals surface area contributed by atoms with Gasteiger partial charge in [-0.2, -0.15) is 0 Å². The number of hydrogen-bond acceptors (Lipinski definition) is 3. The van der Waals surface area contributed by atoms with Gasteiger partial charge in [-0.3, -0.25) is 0 Å². The highest BCUT2D eigenvalue weighted by molar-refractivity contribution is 6.30. The normalized spacial score (nSPS) is 23.9. The van der Waals surface area contributed by atoms with Gasteiger partial charge in [0.1, 0.15) is 5.75 Å². The van der Waals surface area contributed by atoms with Gasteiger partial charge in [0.25, 0.3) is 0 Å². The number of nitrogens with one attached hydrogen (secondary N) is 1. The molecular formula is C13H16ClNO2. The summed E-state index contributed by atoms with van der Waals surface area (Å²) in [7, 11) is 0. The number of ether oxygens (including phenoxy) is 2. The van der Waals surface area contributed by atoms with Crippen molar-refractivity contribution in [2.24, 2.45) is 0 Å². The summed E-state index contributed by atoms with van der Waals surface area (Å²) in [6, 6.07) is 4.33. The van der Waals surface area contributed by atoms with Crippen LogP contribution in [0.1, 0.15) is 36.4 Å². The van der Waals surface area contributed by atoms with E-state index in [-0.39, 0.29) is 0 Å². The Balaban J connectivity index is 1.98. The van der Waals surface area contributed by atoms with Crippen molar-refractivity contribution in [2.45, 2.75) is 31.9 Å². The smallest absolute Gasteiger partial charge is 0.189 e. The van der Waals surface area contributed by atoms with Crippen molar-refractivity contribution in [1.29, 1.82) is 0 Å². The van der Waals surface area contributed by atoms with Crippen molar-refractivity contribution in [2.75, 3.05) is 13.3 Å². The van der Waals surface area contributed by atoms with Crippen LogP contribution in [0.15, 0.2) is 12.1 Å². The van der Waals surface area contributed by atoms with Crippen LogP contribution in [-0.4, -0.2) is 13.3 Å². The third-order valence-electron chi connectivity index (χ3n) is 3.39. The van der Waals surface area contributed by atoms with Crippen LogP contribution in [0.25, 0.3) is 0 Å². The summed E-state index contributed by atoms with van der Waals surface area (Å²) >= 11 is 6.16. The molecule has 2 aliphatic heterocycles. The van der Waals surface area contributed by atoms with Crippen molar-refractivity contribution in [3.8, 4) is 5.75 Å². The van der Waals surface area contributed by atoms with Crippen LogP contribution >= 0.6 is 11.6 Å². The Kier molecular flexibility index (Phi) is 3.23. The topological polar surface area (TPSA) is 30.5 Å². The first-order chi connectivity index (χ1) is 8.34. The molecule has 92 valence electrons. The quantitative estimate of drug-likeness (QED) is 0.835. The van der Waals surface area contributed by atoms with Crippen LogP contribution in [0.3, 0.4) is 0 Å². The standard InChI is InChI=1S/C13H16ClNO2/c14-10-5-9-7-16-8-17-13(9)11(6-10)12-3-1-2-4-15-12/h5-6,12,15H,1-4,7-8H2. The molecule has 1 unspecified atom stereocenters. The van der Waals surface area contributed by atoms with Gasteiger partial charge in [-0.05, 0) is 31.5 Å². The second kappa shape index (κ2) is 4.84. The molecule has 2 aliphatic rings. The molecule has 0 bridgehead atoms. The molecule has 0 aromatic heterocycles. The number of hydrogen-bond donors (Lipinski definition) is 1. The molecule has 1 saturated heterocycles. The minimum Gasteiger partial charge on any atom is -0.467 e. The van der Waals surface area contributed by atoms with Crippen molar-refractivity contribution in [1.82, 2.24) is 5.32 Å². The molecule has 1 aromatic rings. The van der Waals surface area contributed by atoms with Gasteiger partial charge in [-0.1, -0.05) is 18.0 Å². The zero-order valence-corrected chi connectivity index (χ0v) is 10.4. The molecule has 3 nitrogen and oxygen atoms in total. The van der Waals surface area contributed by atoms with Crippen LogP contribution in [0, 0.1) is 0 Å². The van der Waals surface area contributed by atoms with Gasteiger partial charge in [0.15, 0.2) is 6.79 Å². The fraction of sp³-hybridized carbons (Fsp3) is 0.538. The molecule has 1 atom stereocenters. The Morgan fingerprint density at radius 3 is 3.06 bits per heavy atom. The summed E-state index contributed by atoms with van der Waals surface area (Å²) in [5.41, 5.74) is 2.25. The monoisotopic (exact) mass is 253 g/mol. The summed E-state index contributed by atoms with van der Waals surface area (Å²) < 4.78 is 10.9. The van der Waals surface area contributed by atoms with Crippen LogP contribution in [0.2, 0.25) is 5.02 Å². The Hall–Kier alpha value is -0.770. The molecule has 0 saturated carbocycles. The van der Waals surface area contributed by atoms with Gasteiger partial charge in [0.2, 0.25) is 0 Å². The lowest BCUT2D eigenvalue weighted by Crippen LogP contribution is -2.28. The number of rotatable bonds is 1. The van der Waals surface area contributed by atoms with E-state index in [2.05, 4.69) is 5.32 Å². The van der Waals surface area contributed by atoms with Crippen molar-refractivity contribution < 1.29 is 9.47 Å². The molecule has 1 aromatic carbocycles. The molecule has 1 fully saturated rings. The first-order valence-electron chi connectivity index (χ1n) is 6.11. The lowest BCUT2D eigenvalue weighted by Gasteiger charge is -2.28. The first-order valence-corrected chi connectivity index (χ1v) is 6.48. The van der Waals surface area contributed by atoms with Crippen molar-refractivity contribution in [3.63, 3.8) is 0 Å². The van der Waals surface area contributed by atoms with Crippen LogP contribution in [-0.2, 0) is 11.3 Å². The third-order valence-corrected chi connectivity index (χ3v) is 3.61. The third kappa shape index (κ3) is 2.28. The Morgan fingerprint density at radius 1 is 1.29 bits per heavy atom.